The highest BCUT2D eigenvalue weighted by atomic mass is 16.3. The number of carbonyl (C=O) groups excluding carboxylic acids is 1. The first-order chi connectivity index (χ1) is 12.5. The Kier molecular flexibility index (Phi) is 4.05. The topological polar surface area (TPSA) is 78.4 Å². The van der Waals surface area contributed by atoms with Crippen LogP contribution < -0.4 is 10.2 Å². The molecular weight excluding hydrogens is 328 g/mol. The van der Waals surface area contributed by atoms with E-state index in [0.29, 0.717) is 11.6 Å². The molecule has 1 fully saturated rings. The van der Waals surface area contributed by atoms with Crippen molar-refractivity contribution >= 4 is 17.4 Å². The van der Waals surface area contributed by atoms with Gasteiger partial charge in [-0.05, 0) is 43.9 Å². The van der Waals surface area contributed by atoms with Crippen LogP contribution in [0.2, 0.25) is 0 Å². The smallest absolute Gasteiger partial charge is 0.224 e. The van der Waals surface area contributed by atoms with Crippen molar-refractivity contribution in [1.29, 1.82) is 0 Å². The quantitative estimate of drug-likeness (QED) is 0.885. The lowest BCUT2D eigenvalue weighted by atomic mass is 9.82. The van der Waals surface area contributed by atoms with Crippen LogP contribution in [0.3, 0.4) is 0 Å². The monoisotopic (exact) mass is 352 g/mol. The Balaban J connectivity index is 1.80. The van der Waals surface area contributed by atoms with Crippen LogP contribution in [-0.2, 0) is 4.79 Å². The lowest BCUT2D eigenvalue weighted by Crippen LogP contribution is -2.51. The van der Waals surface area contributed by atoms with E-state index in [-0.39, 0.29) is 29.8 Å². The number of fused-ring (bicyclic) bond motifs is 1. The highest BCUT2D eigenvalue weighted by Gasteiger charge is 2.48. The summed E-state index contributed by atoms with van der Waals surface area (Å²) >= 11 is 0. The van der Waals surface area contributed by atoms with Gasteiger partial charge < -0.3 is 15.3 Å². The number of carbonyl (C=O) groups is 1. The van der Waals surface area contributed by atoms with Crippen LogP contribution in [0.25, 0.3) is 0 Å². The molecule has 4 rings (SSSR count). The number of nitrogens with zero attached hydrogens (tertiary/aromatic N) is 3. The highest BCUT2D eigenvalue weighted by Crippen LogP contribution is 2.49. The van der Waals surface area contributed by atoms with Crippen molar-refractivity contribution in [3.05, 3.63) is 41.7 Å². The van der Waals surface area contributed by atoms with Gasteiger partial charge in [0.25, 0.3) is 0 Å². The largest absolute Gasteiger partial charge is 0.493 e. The zero-order chi connectivity index (χ0) is 18.4. The number of pyridine rings is 2. The molecule has 1 aliphatic heterocycles. The predicted molar refractivity (Wildman–Crippen MR) is 100 cm³/mol. The van der Waals surface area contributed by atoms with Crippen molar-refractivity contribution in [2.45, 2.75) is 45.7 Å². The summed E-state index contributed by atoms with van der Waals surface area (Å²) in [5, 5.41) is 13.5. The standard InChI is InChI=1S/C20H24N4O2/c1-11-5-4-6-16(21-11)22-18-12(2)20(14-7-8-14)24(13(3)25)15-9-10-17(26)23-19(15)18/h4-6,9-10,12,14,18,20H,7-8H2,1-3H3,(H,21,22)(H,23,26)/t12-,18-,20?/m1/s1. The van der Waals surface area contributed by atoms with E-state index < -0.39 is 0 Å². The summed E-state index contributed by atoms with van der Waals surface area (Å²) in [7, 11) is 0. The predicted octanol–water partition coefficient (Wildman–Crippen LogP) is 3.43. The normalized spacial score (nSPS) is 24.9. The average Bonchev–Trinajstić information content (AvgIpc) is 3.41. The third-order valence-electron chi connectivity index (χ3n) is 5.44. The molecule has 0 aromatic carbocycles. The second kappa shape index (κ2) is 6.27. The number of hydrogen-bond acceptors (Lipinski definition) is 5. The molecule has 2 N–H and O–H groups in total. The summed E-state index contributed by atoms with van der Waals surface area (Å²) in [5.74, 6) is 1.44. The van der Waals surface area contributed by atoms with Gasteiger partial charge in [-0.2, -0.15) is 0 Å². The molecule has 0 saturated heterocycles. The van der Waals surface area contributed by atoms with Gasteiger partial charge in [-0.3, -0.25) is 4.79 Å². The van der Waals surface area contributed by atoms with Crippen molar-refractivity contribution < 1.29 is 9.90 Å². The summed E-state index contributed by atoms with van der Waals surface area (Å²) in [4.78, 5) is 23.3. The maximum atomic E-state index is 12.4. The second-order valence-electron chi connectivity index (χ2n) is 7.44. The van der Waals surface area contributed by atoms with E-state index in [2.05, 4.69) is 22.2 Å². The molecule has 1 unspecified atom stereocenters. The number of nitrogens with one attached hydrogen (secondary N) is 1. The summed E-state index contributed by atoms with van der Waals surface area (Å²) < 4.78 is 0. The van der Waals surface area contributed by atoms with Crippen LogP contribution in [-0.4, -0.2) is 27.0 Å². The maximum Gasteiger partial charge on any atom is 0.224 e. The summed E-state index contributed by atoms with van der Waals surface area (Å²) in [5.41, 5.74) is 2.43. The first-order valence-electron chi connectivity index (χ1n) is 9.15. The number of rotatable bonds is 3. The van der Waals surface area contributed by atoms with Gasteiger partial charge in [0.1, 0.15) is 5.82 Å². The molecular formula is C20H24N4O2. The SMILES string of the molecule is CC(=O)N1c2ccc(O)nc2[C@H](Nc2cccc(C)n2)[C@@H](C)C1C1CC1. The van der Waals surface area contributed by atoms with Crippen LogP contribution in [0.4, 0.5) is 11.5 Å². The Morgan fingerprint density at radius 2 is 2.00 bits per heavy atom. The van der Waals surface area contributed by atoms with Gasteiger partial charge in [-0.25, -0.2) is 9.97 Å². The van der Waals surface area contributed by atoms with Crippen molar-refractivity contribution in [2.75, 3.05) is 10.2 Å². The van der Waals surface area contributed by atoms with Crippen LogP contribution in [0.5, 0.6) is 5.88 Å². The van der Waals surface area contributed by atoms with E-state index in [9.17, 15) is 9.90 Å². The van der Waals surface area contributed by atoms with Crippen LogP contribution in [0, 0.1) is 18.8 Å². The molecule has 1 saturated carbocycles. The van der Waals surface area contributed by atoms with E-state index in [4.69, 9.17) is 0 Å². The number of anilines is 2. The van der Waals surface area contributed by atoms with E-state index >= 15 is 0 Å². The summed E-state index contributed by atoms with van der Waals surface area (Å²) in [6.07, 6.45) is 2.30. The van der Waals surface area contributed by atoms with Gasteiger partial charge >= 0.3 is 0 Å². The van der Waals surface area contributed by atoms with Crippen molar-refractivity contribution in [1.82, 2.24) is 9.97 Å². The second-order valence-corrected chi connectivity index (χ2v) is 7.44. The molecule has 2 aromatic rings. The lowest BCUT2D eigenvalue weighted by molar-refractivity contribution is -0.117. The number of aryl methyl sites for hydroxylation is 1. The molecule has 26 heavy (non-hydrogen) atoms. The number of aromatic nitrogens is 2. The van der Waals surface area contributed by atoms with Gasteiger partial charge in [-0.1, -0.05) is 13.0 Å². The fourth-order valence-corrected chi connectivity index (χ4v) is 4.17. The van der Waals surface area contributed by atoms with Crippen LogP contribution in [0.15, 0.2) is 30.3 Å². The van der Waals surface area contributed by atoms with E-state index in [1.54, 1.807) is 19.1 Å². The first kappa shape index (κ1) is 16.8. The molecule has 0 bridgehead atoms. The Morgan fingerprint density at radius 3 is 2.65 bits per heavy atom. The number of aromatic hydroxyl groups is 1. The summed E-state index contributed by atoms with van der Waals surface area (Å²) in [6, 6.07) is 9.23. The molecule has 1 amide bonds. The first-order valence-corrected chi connectivity index (χ1v) is 9.15. The zero-order valence-corrected chi connectivity index (χ0v) is 15.3. The fraction of sp³-hybridized carbons (Fsp3) is 0.450. The van der Waals surface area contributed by atoms with Gasteiger partial charge in [-0.15, -0.1) is 0 Å². The van der Waals surface area contributed by atoms with Crippen molar-refractivity contribution in [3.63, 3.8) is 0 Å². The Hall–Kier alpha value is -2.63. The Morgan fingerprint density at radius 1 is 1.23 bits per heavy atom. The van der Waals surface area contributed by atoms with Gasteiger partial charge in [0.15, 0.2) is 0 Å². The third-order valence-corrected chi connectivity index (χ3v) is 5.44. The number of amides is 1. The van der Waals surface area contributed by atoms with Crippen LogP contribution in [0.1, 0.15) is 44.1 Å². The average molecular weight is 352 g/mol. The number of hydrogen-bond donors (Lipinski definition) is 2. The Labute approximate surface area is 153 Å². The molecule has 136 valence electrons. The maximum absolute atomic E-state index is 12.4. The molecule has 2 aromatic heterocycles. The fourth-order valence-electron chi connectivity index (χ4n) is 4.17. The third kappa shape index (κ3) is 2.89. The molecule has 0 radical (unpaired) electrons. The zero-order valence-electron chi connectivity index (χ0n) is 15.3. The van der Waals surface area contributed by atoms with Crippen molar-refractivity contribution in [3.8, 4) is 5.88 Å². The van der Waals surface area contributed by atoms with Gasteiger partial charge in [0.2, 0.25) is 11.8 Å². The van der Waals surface area contributed by atoms with Gasteiger partial charge in [0, 0.05) is 30.6 Å². The molecule has 2 aliphatic rings. The summed E-state index contributed by atoms with van der Waals surface area (Å²) in [6.45, 7) is 5.72. The van der Waals surface area contributed by atoms with Crippen LogP contribution >= 0.6 is 0 Å². The molecule has 6 heteroatoms. The van der Waals surface area contributed by atoms with E-state index in [1.165, 1.54) is 0 Å². The molecule has 0 spiro atoms. The minimum atomic E-state index is -0.118. The van der Waals surface area contributed by atoms with Gasteiger partial charge in [0.05, 0.1) is 17.4 Å². The van der Waals surface area contributed by atoms with Crippen molar-refractivity contribution in [2.24, 2.45) is 11.8 Å². The molecule has 1 aliphatic carbocycles. The lowest BCUT2D eigenvalue weighted by Gasteiger charge is -2.45. The molecule has 3 heterocycles. The molecule has 3 atom stereocenters. The Bertz CT molecular complexity index is 849. The van der Waals surface area contributed by atoms with E-state index in [1.807, 2.05) is 30.0 Å². The minimum Gasteiger partial charge on any atom is -0.493 e. The highest BCUT2D eigenvalue weighted by molar-refractivity contribution is 5.93. The van der Waals surface area contributed by atoms with E-state index in [0.717, 1.165) is 30.0 Å². The minimum absolute atomic E-state index is 0.0228. The molecule has 6 nitrogen and oxygen atoms in total.